The van der Waals surface area contributed by atoms with Gasteiger partial charge in [0.25, 0.3) is 0 Å². The van der Waals surface area contributed by atoms with E-state index >= 15 is 0 Å². The molecule has 2 unspecified atom stereocenters. The summed E-state index contributed by atoms with van der Waals surface area (Å²) < 4.78 is 0. The van der Waals surface area contributed by atoms with E-state index in [1.807, 2.05) is 6.92 Å². The van der Waals surface area contributed by atoms with Crippen molar-refractivity contribution in [1.82, 2.24) is 5.32 Å². The van der Waals surface area contributed by atoms with Crippen molar-refractivity contribution in [2.45, 2.75) is 51.5 Å². The van der Waals surface area contributed by atoms with Crippen molar-refractivity contribution in [3.63, 3.8) is 0 Å². The van der Waals surface area contributed by atoms with Gasteiger partial charge in [0.05, 0.1) is 11.5 Å². The van der Waals surface area contributed by atoms with Crippen molar-refractivity contribution in [2.75, 3.05) is 0 Å². The van der Waals surface area contributed by atoms with Crippen LogP contribution in [0.5, 0.6) is 0 Å². The number of amides is 2. The molecular formula is C11H20N2O2. The van der Waals surface area contributed by atoms with Crippen LogP contribution in [0.4, 0.5) is 0 Å². The minimum absolute atomic E-state index is 0.0787. The Hall–Kier alpha value is -1.06. The van der Waals surface area contributed by atoms with Gasteiger partial charge in [-0.15, -0.1) is 0 Å². The number of primary amides is 1. The SMILES string of the molecule is CCC1(NC(C)=O)CCCCC1C(N)=O. The number of rotatable bonds is 3. The van der Waals surface area contributed by atoms with Crippen LogP contribution in [0, 0.1) is 5.92 Å². The van der Waals surface area contributed by atoms with Crippen LogP contribution in [0.1, 0.15) is 46.0 Å². The van der Waals surface area contributed by atoms with Crippen LogP contribution in [0.15, 0.2) is 0 Å². The van der Waals surface area contributed by atoms with Crippen molar-refractivity contribution in [3.8, 4) is 0 Å². The molecule has 15 heavy (non-hydrogen) atoms. The number of carbonyl (C=O) groups is 2. The molecule has 4 nitrogen and oxygen atoms in total. The van der Waals surface area contributed by atoms with Gasteiger partial charge in [0.1, 0.15) is 0 Å². The van der Waals surface area contributed by atoms with Crippen LogP contribution in [0.25, 0.3) is 0 Å². The lowest BCUT2D eigenvalue weighted by molar-refractivity contribution is -0.129. The van der Waals surface area contributed by atoms with E-state index in [0.717, 1.165) is 32.1 Å². The van der Waals surface area contributed by atoms with Gasteiger partial charge in [0.2, 0.25) is 11.8 Å². The highest BCUT2D eigenvalue weighted by Gasteiger charge is 2.42. The maximum Gasteiger partial charge on any atom is 0.222 e. The zero-order valence-corrected chi connectivity index (χ0v) is 9.51. The Bertz CT molecular complexity index is 265. The molecule has 0 bridgehead atoms. The largest absolute Gasteiger partial charge is 0.369 e. The lowest BCUT2D eigenvalue weighted by Crippen LogP contribution is -2.58. The molecule has 4 heteroatoms. The summed E-state index contributed by atoms with van der Waals surface area (Å²) in [6, 6.07) is 0. The zero-order chi connectivity index (χ0) is 11.5. The van der Waals surface area contributed by atoms with Crippen LogP contribution < -0.4 is 11.1 Å². The molecule has 2 amide bonds. The summed E-state index contributed by atoms with van der Waals surface area (Å²) >= 11 is 0. The van der Waals surface area contributed by atoms with E-state index in [1.54, 1.807) is 0 Å². The van der Waals surface area contributed by atoms with E-state index in [2.05, 4.69) is 5.32 Å². The second-order valence-electron chi connectivity index (χ2n) is 4.39. The van der Waals surface area contributed by atoms with Gasteiger partial charge in [0, 0.05) is 6.92 Å². The van der Waals surface area contributed by atoms with Gasteiger partial charge in [-0.1, -0.05) is 19.8 Å². The molecule has 0 heterocycles. The molecule has 1 aliphatic carbocycles. The molecule has 1 fully saturated rings. The Morgan fingerprint density at radius 3 is 2.60 bits per heavy atom. The van der Waals surface area contributed by atoms with E-state index in [0.29, 0.717) is 0 Å². The number of nitrogens with two attached hydrogens (primary N) is 1. The third kappa shape index (κ3) is 2.49. The first-order valence-electron chi connectivity index (χ1n) is 5.60. The summed E-state index contributed by atoms with van der Waals surface area (Å²) in [4.78, 5) is 22.6. The number of hydrogen-bond acceptors (Lipinski definition) is 2. The fraction of sp³-hybridized carbons (Fsp3) is 0.818. The first-order chi connectivity index (χ1) is 7.02. The molecule has 1 saturated carbocycles. The van der Waals surface area contributed by atoms with Crippen molar-refractivity contribution in [1.29, 1.82) is 0 Å². The monoisotopic (exact) mass is 212 g/mol. The topological polar surface area (TPSA) is 72.2 Å². The number of nitrogens with one attached hydrogen (secondary N) is 1. The molecule has 0 radical (unpaired) electrons. The van der Waals surface area contributed by atoms with Crippen LogP contribution in [0.3, 0.4) is 0 Å². The Morgan fingerprint density at radius 2 is 2.13 bits per heavy atom. The molecule has 3 N–H and O–H groups in total. The van der Waals surface area contributed by atoms with Gasteiger partial charge in [-0.25, -0.2) is 0 Å². The maximum atomic E-state index is 11.4. The Kier molecular flexibility index (Phi) is 3.72. The lowest BCUT2D eigenvalue weighted by Gasteiger charge is -2.42. The molecule has 0 aromatic heterocycles. The summed E-state index contributed by atoms with van der Waals surface area (Å²) in [6.07, 6.45) is 4.49. The quantitative estimate of drug-likeness (QED) is 0.731. The summed E-state index contributed by atoms with van der Waals surface area (Å²) in [7, 11) is 0. The van der Waals surface area contributed by atoms with Gasteiger partial charge in [-0.3, -0.25) is 9.59 Å². The smallest absolute Gasteiger partial charge is 0.222 e. The molecule has 2 atom stereocenters. The van der Waals surface area contributed by atoms with Gasteiger partial charge in [-0.05, 0) is 19.3 Å². The van der Waals surface area contributed by atoms with Crippen LogP contribution in [0.2, 0.25) is 0 Å². The van der Waals surface area contributed by atoms with Crippen molar-refractivity contribution < 1.29 is 9.59 Å². The Balaban J connectivity index is 2.89. The maximum absolute atomic E-state index is 11.4. The molecule has 0 aromatic rings. The van der Waals surface area contributed by atoms with E-state index in [1.165, 1.54) is 6.92 Å². The van der Waals surface area contributed by atoms with E-state index in [4.69, 9.17) is 5.73 Å². The Morgan fingerprint density at radius 1 is 1.47 bits per heavy atom. The fourth-order valence-electron chi connectivity index (χ4n) is 2.67. The second-order valence-corrected chi connectivity index (χ2v) is 4.39. The third-order valence-electron chi connectivity index (χ3n) is 3.43. The molecule has 86 valence electrons. The first-order valence-corrected chi connectivity index (χ1v) is 5.60. The number of carbonyl (C=O) groups excluding carboxylic acids is 2. The fourth-order valence-corrected chi connectivity index (χ4v) is 2.67. The van der Waals surface area contributed by atoms with E-state index in [9.17, 15) is 9.59 Å². The summed E-state index contributed by atoms with van der Waals surface area (Å²) in [5.74, 6) is -0.574. The predicted molar refractivity (Wildman–Crippen MR) is 58.0 cm³/mol. The van der Waals surface area contributed by atoms with Crippen LogP contribution >= 0.6 is 0 Å². The highest BCUT2D eigenvalue weighted by Crippen LogP contribution is 2.36. The van der Waals surface area contributed by atoms with E-state index in [-0.39, 0.29) is 17.7 Å². The van der Waals surface area contributed by atoms with Crippen molar-refractivity contribution in [2.24, 2.45) is 11.7 Å². The van der Waals surface area contributed by atoms with Gasteiger partial charge in [-0.2, -0.15) is 0 Å². The molecule has 1 rings (SSSR count). The molecular weight excluding hydrogens is 192 g/mol. The minimum Gasteiger partial charge on any atom is -0.369 e. The van der Waals surface area contributed by atoms with Gasteiger partial charge < -0.3 is 11.1 Å². The first kappa shape index (κ1) is 12.0. The molecule has 0 aliphatic heterocycles. The molecule has 1 aliphatic rings. The normalized spacial score (nSPS) is 30.9. The highest BCUT2D eigenvalue weighted by atomic mass is 16.2. The van der Waals surface area contributed by atoms with Crippen LogP contribution in [-0.2, 0) is 9.59 Å². The second kappa shape index (κ2) is 4.64. The summed E-state index contributed by atoms with van der Waals surface area (Å²) in [5.41, 5.74) is 5.01. The average Bonchev–Trinajstić information content (AvgIpc) is 2.17. The standard InChI is InChI=1S/C11H20N2O2/c1-3-11(13-8(2)14)7-5-4-6-9(11)10(12)15/h9H,3-7H2,1-2H3,(H2,12,15)(H,13,14). The molecule has 0 saturated heterocycles. The summed E-state index contributed by atoms with van der Waals surface area (Å²) in [6.45, 7) is 3.49. The zero-order valence-electron chi connectivity index (χ0n) is 9.51. The lowest BCUT2D eigenvalue weighted by atomic mass is 9.70. The molecule has 0 spiro atoms. The Labute approximate surface area is 90.6 Å². The van der Waals surface area contributed by atoms with Gasteiger partial charge in [0.15, 0.2) is 0 Å². The third-order valence-corrected chi connectivity index (χ3v) is 3.43. The van der Waals surface area contributed by atoms with Crippen LogP contribution in [-0.4, -0.2) is 17.4 Å². The number of hydrogen-bond donors (Lipinski definition) is 2. The van der Waals surface area contributed by atoms with E-state index < -0.39 is 5.54 Å². The highest BCUT2D eigenvalue weighted by molar-refractivity contribution is 5.80. The average molecular weight is 212 g/mol. The van der Waals surface area contributed by atoms with Crippen molar-refractivity contribution >= 4 is 11.8 Å². The molecule has 0 aromatic carbocycles. The predicted octanol–water partition coefficient (Wildman–Crippen LogP) is 0.947. The minimum atomic E-state index is -0.393. The summed E-state index contributed by atoms with van der Waals surface area (Å²) in [5, 5.41) is 2.94. The van der Waals surface area contributed by atoms with Crippen molar-refractivity contribution in [3.05, 3.63) is 0 Å². The van der Waals surface area contributed by atoms with Gasteiger partial charge >= 0.3 is 0 Å².